The summed E-state index contributed by atoms with van der Waals surface area (Å²) in [5.74, 6) is 0. The fraction of sp³-hybridized carbons (Fsp3) is 0.500. The summed E-state index contributed by atoms with van der Waals surface area (Å²) in [6.45, 7) is 9.13. The van der Waals surface area contributed by atoms with Crippen LogP contribution in [0.15, 0.2) is 36.4 Å². The molecule has 0 saturated carbocycles. The van der Waals surface area contributed by atoms with Crippen molar-refractivity contribution in [1.29, 1.82) is 0 Å². The number of rotatable bonds is 6. The van der Waals surface area contributed by atoms with Gasteiger partial charge in [0.1, 0.15) is 0 Å². The first kappa shape index (κ1) is 18.3. The molecule has 0 fully saturated rings. The van der Waals surface area contributed by atoms with Crippen LogP contribution in [0.2, 0.25) is 0 Å². The number of hydrogen-bond acceptors (Lipinski definition) is 1. The van der Waals surface area contributed by atoms with Gasteiger partial charge in [-0.15, -0.1) is 4.57 Å². The lowest BCUT2D eigenvalue weighted by Gasteiger charge is -2.39. The largest absolute Gasteiger partial charge is 0.432 e. The van der Waals surface area contributed by atoms with Crippen molar-refractivity contribution in [2.75, 3.05) is 0 Å². The minimum atomic E-state index is -0.418. The van der Waals surface area contributed by atoms with Crippen molar-refractivity contribution in [3.8, 4) is 11.3 Å². The Morgan fingerprint density at radius 2 is 1.88 bits per heavy atom. The van der Waals surface area contributed by atoms with Gasteiger partial charge in [-0.05, 0) is 55.9 Å². The number of nitrogens with zero attached hydrogens (tertiary/aromatic N) is 1. The molecule has 1 aromatic carbocycles. The molecule has 2 unspecified atom stereocenters. The first-order valence-corrected chi connectivity index (χ1v) is 10.6. The van der Waals surface area contributed by atoms with E-state index in [9.17, 15) is 4.57 Å². The van der Waals surface area contributed by atoms with Crippen molar-refractivity contribution in [3.63, 3.8) is 0 Å². The predicted octanol–water partition coefficient (Wildman–Crippen LogP) is 5.27. The van der Waals surface area contributed by atoms with E-state index in [0.717, 1.165) is 24.7 Å². The second kappa shape index (κ2) is 7.38. The zero-order chi connectivity index (χ0) is 18.0. The molecule has 0 radical (unpaired) electrons. The molecule has 0 amide bonds. The van der Waals surface area contributed by atoms with Gasteiger partial charge in [-0.2, -0.15) is 0 Å². The Morgan fingerprint density at radius 3 is 2.52 bits per heavy atom. The third-order valence-electron chi connectivity index (χ3n) is 6.30. The third kappa shape index (κ3) is 2.85. The second-order valence-corrected chi connectivity index (χ2v) is 8.01. The Kier molecular flexibility index (Phi) is 5.39. The van der Waals surface area contributed by atoms with Crippen LogP contribution < -0.4 is 10.0 Å². The minimum Gasteiger partial charge on any atom is -0.149 e. The van der Waals surface area contributed by atoms with E-state index < -0.39 is 8.46 Å². The first-order chi connectivity index (χ1) is 12.1. The van der Waals surface area contributed by atoms with Crippen LogP contribution >= 0.6 is 8.46 Å². The molecule has 1 aliphatic rings. The molecule has 25 heavy (non-hydrogen) atoms. The van der Waals surface area contributed by atoms with Crippen molar-refractivity contribution >= 4 is 13.9 Å². The number of fused-ring (bicyclic) bond motifs is 3. The van der Waals surface area contributed by atoms with Crippen LogP contribution in [0.4, 0.5) is 0 Å². The van der Waals surface area contributed by atoms with E-state index in [-0.39, 0.29) is 5.41 Å². The highest BCUT2D eigenvalue weighted by Crippen LogP contribution is 2.47. The molecule has 3 rings (SSSR count). The van der Waals surface area contributed by atoms with Crippen molar-refractivity contribution in [1.82, 2.24) is 0 Å². The molecule has 0 N–H and O–H groups in total. The Balaban J connectivity index is 2.28. The molecule has 0 spiro atoms. The Morgan fingerprint density at radius 1 is 1.12 bits per heavy atom. The summed E-state index contributed by atoms with van der Waals surface area (Å²) in [5.41, 5.74) is 6.48. The normalized spacial score (nSPS) is 18.0. The lowest BCUT2D eigenvalue weighted by Crippen LogP contribution is -2.60. The SMILES string of the molecule is CCCCc1ccc2c(c1)-c1cccc([PH+]=O)[n+]1C(C)C2(CC)CC. The summed E-state index contributed by atoms with van der Waals surface area (Å²) in [4.78, 5) is 0. The molecule has 0 bridgehead atoms. The van der Waals surface area contributed by atoms with Gasteiger partial charge in [-0.25, -0.2) is 0 Å². The van der Waals surface area contributed by atoms with Crippen molar-refractivity contribution in [3.05, 3.63) is 47.5 Å². The van der Waals surface area contributed by atoms with Crippen LogP contribution in [-0.2, 0) is 16.4 Å². The average Bonchev–Trinajstić information content (AvgIpc) is 2.67. The summed E-state index contributed by atoms with van der Waals surface area (Å²) < 4.78 is 14.2. The highest BCUT2D eigenvalue weighted by Gasteiger charge is 2.49. The van der Waals surface area contributed by atoms with Crippen molar-refractivity contribution in [2.24, 2.45) is 0 Å². The standard InChI is InChI=1S/C22H29NOP/c1-5-8-10-17-13-14-19-18(15-17)20-11-9-12-21(25-24)23(20)16(4)22(19,6-2)7-3/h9,11-16H,5-8,10H2,1-4H3/q+1/p+1. The lowest BCUT2D eigenvalue weighted by atomic mass is 9.66. The number of aromatic nitrogens is 1. The van der Waals surface area contributed by atoms with Crippen LogP contribution in [0.25, 0.3) is 11.3 Å². The molecular weight excluding hydrogens is 325 g/mol. The summed E-state index contributed by atoms with van der Waals surface area (Å²) in [7, 11) is -0.418. The van der Waals surface area contributed by atoms with E-state index in [4.69, 9.17) is 0 Å². The fourth-order valence-electron chi connectivity index (χ4n) is 4.71. The highest BCUT2D eigenvalue weighted by atomic mass is 31.1. The number of pyridine rings is 1. The summed E-state index contributed by atoms with van der Waals surface area (Å²) in [6, 6.07) is 13.7. The number of aryl methyl sites for hydroxylation is 1. The monoisotopic (exact) mass is 355 g/mol. The molecule has 132 valence electrons. The second-order valence-electron chi connectivity index (χ2n) is 7.29. The van der Waals surface area contributed by atoms with Gasteiger partial charge in [0.2, 0.25) is 5.69 Å². The van der Waals surface area contributed by atoms with E-state index in [1.165, 1.54) is 35.2 Å². The van der Waals surface area contributed by atoms with Gasteiger partial charge in [0.25, 0.3) is 0 Å². The Labute approximate surface area is 153 Å². The van der Waals surface area contributed by atoms with Gasteiger partial charge in [0.15, 0.2) is 6.04 Å². The van der Waals surface area contributed by atoms with Crippen LogP contribution in [0, 0.1) is 0 Å². The highest BCUT2D eigenvalue weighted by molar-refractivity contribution is 7.33. The Hall–Kier alpha value is -1.53. The molecular formula is C22H30NOP+2. The maximum Gasteiger partial charge on any atom is 0.432 e. The van der Waals surface area contributed by atoms with Crippen LogP contribution in [0.3, 0.4) is 0 Å². The van der Waals surface area contributed by atoms with E-state index >= 15 is 0 Å². The van der Waals surface area contributed by atoms with Gasteiger partial charge >= 0.3 is 13.9 Å². The zero-order valence-electron chi connectivity index (χ0n) is 15.9. The fourth-order valence-corrected chi connectivity index (χ4v) is 5.29. The zero-order valence-corrected chi connectivity index (χ0v) is 16.9. The maximum absolute atomic E-state index is 11.9. The molecule has 2 nitrogen and oxygen atoms in total. The number of benzene rings is 1. The smallest absolute Gasteiger partial charge is 0.149 e. The molecule has 1 aliphatic heterocycles. The molecule has 1 aromatic heterocycles. The third-order valence-corrected chi connectivity index (χ3v) is 6.91. The van der Waals surface area contributed by atoms with Crippen LogP contribution in [0.5, 0.6) is 0 Å². The minimum absolute atomic E-state index is 0.103. The topological polar surface area (TPSA) is 20.9 Å². The summed E-state index contributed by atoms with van der Waals surface area (Å²) in [6.07, 6.45) is 5.76. The van der Waals surface area contributed by atoms with Gasteiger partial charge in [0.05, 0.1) is 17.0 Å². The molecule has 3 heteroatoms. The van der Waals surface area contributed by atoms with Crippen LogP contribution in [-0.4, -0.2) is 0 Å². The summed E-state index contributed by atoms with van der Waals surface area (Å²) >= 11 is 0. The van der Waals surface area contributed by atoms with Crippen molar-refractivity contribution in [2.45, 2.75) is 71.3 Å². The van der Waals surface area contributed by atoms with Gasteiger partial charge in [-0.1, -0.05) is 43.9 Å². The molecule has 0 aliphatic carbocycles. The van der Waals surface area contributed by atoms with Gasteiger partial charge < -0.3 is 0 Å². The van der Waals surface area contributed by atoms with Gasteiger partial charge in [-0.3, -0.25) is 0 Å². The molecule has 2 heterocycles. The van der Waals surface area contributed by atoms with E-state index in [1.807, 2.05) is 12.1 Å². The van der Waals surface area contributed by atoms with E-state index in [0.29, 0.717) is 6.04 Å². The molecule has 2 aromatic rings. The molecule has 2 atom stereocenters. The average molecular weight is 355 g/mol. The van der Waals surface area contributed by atoms with Crippen LogP contribution in [0.1, 0.15) is 70.5 Å². The Bertz CT molecular complexity index is 780. The van der Waals surface area contributed by atoms with Gasteiger partial charge in [0, 0.05) is 6.07 Å². The first-order valence-electron chi connectivity index (χ1n) is 9.69. The van der Waals surface area contributed by atoms with E-state index in [2.05, 4.69) is 56.5 Å². The number of unbranched alkanes of at least 4 members (excludes halogenated alkanes) is 1. The molecule has 0 saturated heterocycles. The van der Waals surface area contributed by atoms with E-state index in [1.54, 1.807) is 0 Å². The van der Waals surface area contributed by atoms with Crippen molar-refractivity contribution < 1.29 is 9.13 Å². The maximum atomic E-state index is 11.9. The quantitative estimate of drug-likeness (QED) is 0.511. The summed E-state index contributed by atoms with van der Waals surface area (Å²) in [5, 5.41) is 0. The predicted molar refractivity (Wildman–Crippen MR) is 106 cm³/mol. The number of hydrogen-bond donors (Lipinski definition) is 0. The lowest BCUT2D eigenvalue weighted by molar-refractivity contribution is -0.704.